The maximum absolute atomic E-state index is 14.0. The topological polar surface area (TPSA) is 12.0 Å². The highest BCUT2D eigenvalue weighted by atomic mass is 79.9. The molecule has 1 N–H and O–H groups in total. The molecule has 2 aromatic rings. The number of hydrogen-bond donors (Lipinski definition) is 1. The fraction of sp³-hybridized carbons (Fsp3) is 0.333. The monoisotopic (exact) mass is 349 g/mol. The first-order chi connectivity index (χ1) is 10.1. The number of likely N-dealkylation sites (N-methyl/N-ethyl adjacent to an activating group) is 1. The third-order valence-corrected chi connectivity index (χ3v) is 4.24. The molecule has 3 heteroatoms. The fourth-order valence-corrected chi connectivity index (χ4v) is 3.03. The average molecular weight is 350 g/mol. The number of aryl methyl sites for hydroxylation is 1. The Morgan fingerprint density at radius 2 is 1.95 bits per heavy atom. The van der Waals surface area contributed by atoms with E-state index in [9.17, 15) is 4.39 Å². The zero-order valence-corrected chi connectivity index (χ0v) is 14.1. The maximum Gasteiger partial charge on any atom is 0.126 e. The van der Waals surface area contributed by atoms with Crippen molar-refractivity contribution in [3.05, 3.63) is 69.4 Å². The average Bonchev–Trinajstić information content (AvgIpc) is 2.48. The molecule has 21 heavy (non-hydrogen) atoms. The lowest BCUT2D eigenvalue weighted by molar-refractivity contribution is 0.560. The van der Waals surface area contributed by atoms with Gasteiger partial charge in [-0.05, 0) is 54.8 Å². The largest absolute Gasteiger partial charge is 0.316 e. The van der Waals surface area contributed by atoms with Crippen molar-refractivity contribution in [2.45, 2.75) is 26.2 Å². The molecule has 1 atom stereocenters. The first-order valence-corrected chi connectivity index (χ1v) is 8.11. The highest BCUT2D eigenvalue weighted by Crippen LogP contribution is 2.26. The molecule has 0 bridgehead atoms. The van der Waals surface area contributed by atoms with Gasteiger partial charge in [0.1, 0.15) is 5.82 Å². The van der Waals surface area contributed by atoms with Gasteiger partial charge in [0.05, 0.1) is 0 Å². The Bertz CT molecular complexity index is 598. The van der Waals surface area contributed by atoms with E-state index in [-0.39, 0.29) is 11.7 Å². The number of nitrogens with one attached hydrogen (secondary N) is 1. The van der Waals surface area contributed by atoms with Crippen LogP contribution in [0.5, 0.6) is 0 Å². The molecule has 0 radical (unpaired) electrons. The van der Waals surface area contributed by atoms with Gasteiger partial charge in [0.15, 0.2) is 0 Å². The normalized spacial score (nSPS) is 12.4. The van der Waals surface area contributed by atoms with Crippen LogP contribution < -0.4 is 5.32 Å². The number of rotatable bonds is 6. The van der Waals surface area contributed by atoms with Gasteiger partial charge in [-0.1, -0.05) is 47.1 Å². The smallest absolute Gasteiger partial charge is 0.126 e. The van der Waals surface area contributed by atoms with E-state index in [0.29, 0.717) is 6.42 Å². The summed E-state index contributed by atoms with van der Waals surface area (Å²) in [4.78, 5) is 0. The Labute approximate surface area is 134 Å². The number of benzene rings is 2. The molecular formula is C18H21BrFN. The molecule has 112 valence electrons. The van der Waals surface area contributed by atoms with Crippen LogP contribution in [-0.4, -0.2) is 13.1 Å². The van der Waals surface area contributed by atoms with Crippen LogP contribution in [-0.2, 0) is 6.42 Å². The minimum Gasteiger partial charge on any atom is -0.316 e. The van der Waals surface area contributed by atoms with Gasteiger partial charge in [-0.3, -0.25) is 0 Å². The van der Waals surface area contributed by atoms with Crippen molar-refractivity contribution in [3.8, 4) is 0 Å². The standard InChI is InChI=1S/C18H21BrFN/c1-3-21-12-15(17-7-5-4-6-13(17)2)10-14-11-16(19)8-9-18(14)20/h4-9,11,15,21H,3,10,12H2,1-2H3. The van der Waals surface area contributed by atoms with Gasteiger partial charge in [-0.2, -0.15) is 0 Å². The first-order valence-electron chi connectivity index (χ1n) is 7.32. The van der Waals surface area contributed by atoms with Crippen molar-refractivity contribution in [3.63, 3.8) is 0 Å². The third kappa shape index (κ3) is 4.39. The van der Waals surface area contributed by atoms with Crippen molar-refractivity contribution in [1.29, 1.82) is 0 Å². The van der Waals surface area contributed by atoms with Crippen molar-refractivity contribution in [1.82, 2.24) is 5.32 Å². The molecule has 0 amide bonds. The molecule has 1 unspecified atom stereocenters. The van der Waals surface area contributed by atoms with Crippen molar-refractivity contribution >= 4 is 15.9 Å². The van der Waals surface area contributed by atoms with Crippen LogP contribution in [0.15, 0.2) is 46.9 Å². The quantitative estimate of drug-likeness (QED) is 0.787. The molecule has 0 saturated carbocycles. The summed E-state index contributed by atoms with van der Waals surface area (Å²) in [5, 5.41) is 3.39. The fourth-order valence-electron chi connectivity index (χ4n) is 2.62. The Morgan fingerprint density at radius 1 is 1.19 bits per heavy atom. The second-order valence-corrected chi connectivity index (χ2v) is 6.22. The Hall–Kier alpha value is -1.19. The molecular weight excluding hydrogens is 329 g/mol. The van der Waals surface area contributed by atoms with E-state index in [1.54, 1.807) is 6.07 Å². The van der Waals surface area contributed by atoms with E-state index in [2.05, 4.69) is 53.3 Å². The van der Waals surface area contributed by atoms with E-state index in [1.165, 1.54) is 17.2 Å². The summed E-state index contributed by atoms with van der Waals surface area (Å²) in [6.45, 7) is 5.98. The number of hydrogen-bond acceptors (Lipinski definition) is 1. The van der Waals surface area contributed by atoms with Crippen LogP contribution in [0.1, 0.15) is 29.5 Å². The van der Waals surface area contributed by atoms with Crippen molar-refractivity contribution < 1.29 is 4.39 Å². The summed E-state index contributed by atoms with van der Waals surface area (Å²) in [6.07, 6.45) is 0.698. The van der Waals surface area contributed by atoms with Crippen LogP contribution in [0, 0.1) is 12.7 Å². The van der Waals surface area contributed by atoms with Gasteiger partial charge in [-0.25, -0.2) is 4.39 Å². The molecule has 2 rings (SSSR count). The molecule has 0 fully saturated rings. The van der Waals surface area contributed by atoms with Gasteiger partial charge in [0.25, 0.3) is 0 Å². The second kappa shape index (κ2) is 7.71. The zero-order valence-electron chi connectivity index (χ0n) is 12.5. The minimum atomic E-state index is -0.131. The first kappa shape index (κ1) is 16.2. The van der Waals surface area contributed by atoms with Gasteiger partial charge < -0.3 is 5.32 Å². The number of halogens is 2. The lowest BCUT2D eigenvalue weighted by atomic mass is 9.89. The van der Waals surface area contributed by atoms with Crippen LogP contribution in [0.2, 0.25) is 0 Å². The highest BCUT2D eigenvalue weighted by molar-refractivity contribution is 9.10. The van der Waals surface area contributed by atoms with Crippen LogP contribution in [0.4, 0.5) is 4.39 Å². The molecule has 0 aliphatic carbocycles. The summed E-state index contributed by atoms with van der Waals surface area (Å²) in [7, 11) is 0. The van der Waals surface area contributed by atoms with E-state index >= 15 is 0 Å². The predicted molar refractivity (Wildman–Crippen MR) is 90.3 cm³/mol. The molecule has 1 nitrogen and oxygen atoms in total. The maximum atomic E-state index is 14.0. The zero-order chi connectivity index (χ0) is 15.2. The molecule has 0 heterocycles. The van der Waals surface area contributed by atoms with E-state index in [0.717, 1.165) is 23.1 Å². The lowest BCUT2D eigenvalue weighted by Gasteiger charge is -2.20. The second-order valence-electron chi connectivity index (χ2n) is 5.30. The molecule has 0 aromatic heterocycles. The van der Waals surface area contributed by atoms with E-state index in [1.807, 2.05) is 12.1 Å². The van der Waals surface area contributed by atoms with Crippen molar-refractivity contribution in [2.75, 3.05) is 13.1 Å². The summed E-state index contributed by atoms with van der Waals surface area (Å²) >= 11 is 3.43. The summed E-state index contributed by atoms with van der Waals surface area (Å²) < 4.78 is 14.9. The van der Waals surface area contributed by atoms with Crippen molar-refractivity contribution in [2.24, 2.45) is 0 Å². The lowest BCUT2D eigenvalue weighted by Crippen LogP contribution is -2.23. The highest BCUT2D eigenvalue weighted by Gasteiger charge is 2.16. The molecule has 2 aromatic carbocycles. The van der Waals surface area contributed by atoms with Gasteiger partial charge in [-0.15, -0.1) is 0 Å². The minimum absolute atomic E-state index is 0.131. The Balaban J connectivity index is 2.28. The molecule has 0 aliphatic rings. The Kier molecular flexibility index (Phi) is 5.95. The van der Waals surface area contributed by atoms with E-state index in [4.69, 9.17) is 0 Å². The third-order valence-electron chi connectivity index (χ3n) is 3.74. The SMILES string of the molecule is CCNCC(Cc1cc(Br)ccc1F)c1ccccc1C. The summed E-state index contributed by atoms with van der Waals surface area (Å²) in [6, 6.07) is 13.5. The van der Waals surface area contributed by atoms with Gasteiger partial charge in [0, 0.05) is 16.9 Å². The van der Waals surface area contributed by atoms with E-state index < -0.39 is 0 Å². The molecule has 0 spiro atoms. The van der Waals surface area contributed by atoms with Crippen LogP contribution in [0.3, 0.4) is 0 Å². The Morgan fingerprint density at radius 3 is 2.67 bits per heavy atom. The van der Waals surface area contributed by atoms with Crippen LogP contribution in [0.25, 0.3) is 0 Å². The summed E-state index contributed by atoms with van der Waals surface area (Å²) in [5.74, 6) is 0.142. The predicted octanol–water partition coefficient (Wildman–Crippen LogP) is 4.83. The van der Waals surface area contributed by atoms with Crippen LogP contribution >= 0.6 is 15.9 Å². The van der Waals surface area contributed by atoms with Gasteiger partial charge >= 0.3 is 0 Å². The summed E-state index contributed by atoms with van der Waals surface area (Å²) in [5.41, 5.74) is 3.31. The molecule has 0 saturated heterocycles. The van der Waals surface area contributed by atoms with Gasteiger partial charge in [0.2, 0.25) is 0 Å². The molecule has 0 aliphatic heterocycles.